The molecule has 1 aliphatic rings. The van der Waals surface area contributed by atoms with E-state index in [0.717, 1.165) is 19.3 Å². The van der Waals surface area contributed by atoms with Gasteiger partial charge in [-0.2, -0.15) is 0 Å². The third-order valence-electron chi connectivity index (χ3n) is 4.35. The van der Waals surface area contributed by atoms with Gasteiger partial charge in [0.25, 0.3) is 0 Å². The Morgan fingerprint density at radius 2 is 1.92 bits per heavy atom. The molecule has 0 aromatic heterocycles. The summed E-state index contributed by atoms with van der Waals surface area (Å²) in [4.78, 5) is 25.2. The van der Waals surface area contributed by atoms with Crippen LogP contribution in [-0.2, 0) is 20.7 Å². The molecule has 1 aromatic carbocycles. The first-order chi connectivity index (χ1) is 11.6. The Hall–Kier alpha value is -1.92. The molecule has 6 nitrogen and oxygen atoms in total. The maximum absolute atomic E-state index is 12.3. The van der Waals surface area contributed by atoms with Gasteiger partial charge in [0, 0.05) is 13.1 Å². The molecule has 24 heavy (non-hydrogen) atoms. The molecular weight excluding hydrogens is 308 g/mol. The fourth-order valence-electron chi connectivity index (χ4n) is 2.96. The highest BCUT2D eigenvalue weighted by Crippen LogP contribution is 2.22. The molecule has 1 atom stereocenters. The third kappa shape index (κ3) is 5.62. The fraction of sp³-hybridized carbons (Fsp3) is 0.556. The smallest absolute Gasteiger partial charge is 0.308 e. The van der Waals surface area contributed by atoms with Crippen LogP contribution in [0.1, 0.15) is 24.8 Å². The number of benzene rings is 1. The van der Waals surface area contributed by atoms with Crippen molar-refractivity contribution in [3.8, 4) is 0 Å². The first kappa shape index (κ1) is 18.4. The number of likely N-dealkylation sites (tertiary alicyclic amines) is 1. The molecule has 2 rings (SSSR count). The number of aliphatic hydroxyl groups is 1. The number of hydrogen-bond acceptors (Lipinski definition) is 5. The van der Waals surface area contributed by atoms with Crippen LogP contribution < -0.4 is 5.73 Å². The highest BCUT2D eigenvalue weighted by Gasteiger charge is 2.27. The second-order valence-electron chi connectivity index (χ2n) is 6.22. The highest BCUT2D eigenvalue weighted by atomic mass is 16.5. The number of nitrogens with zero attached hydrogens (tertiary/aromatic N) is 1. The van der Waals surface area contributed by atoms with Crippen molar-refractivity contribution in [1.82, 2.24) is 4.90 Å². The molecule has 3 N–H and O–H groups in total. The Balaban J connectivity index is 1.72. The van der Waals surface area contributed by atoms with Crippen molar-refractivity contribution < 1.29 is 19.4 Å². The summed E-state index contributed by atoms with van der Waals surface area (Å²) in [5.74, 6) is -0.137. The van der Waals surface area contributed by atoms with Gasteiger partial charge in [-0.15, -0.1) is 0 Å². The predicted octanol–water partition coefficient (Wildman–Crippen LogP) is 0.721. The van der Waals surface area contributed by atoms with E-state index in [9.17, 15) is 9.59 Å². The van der Waals surface area contributed by atoms with Crippen LogP contribution in [0.5, 0.6) is 0 Å². The Morgan fingerprint density at radius 3 is 2.54 bits per heavy atom. The van der Waals surface area contributed by atoms with Crippen LogP contribution in [0.4, 0.5) is 0 Å². The molecule has 1 aliphatic heterocycles. The van der Waals surface area contributed by atoms with Crippen molar-refractivity contribution in [2.75, 3.05) is 26.3 Å². The lowest BCUT2D eigenvalue weighted by molar-refractivity contribution is -0.147. The Labute approximate surface area is 142 Å². The van der Waals surface area contributed by atoms with E-state index in [-0.39, 0.29) is 25.5 Å². The minimum absolute atomic E-state index is 0.0776. The molecule has 0 radical (unpaired) electrons. The highest BCUT2D eigenvalue weighted by molar-refractivity contribution is 5.82. The summed E-state index contributed by atoms with van der Waals surface area (Å²) in [5.41, 5.74) is 7.15. The monoisotopic (exact) mass is 334 g/mol. The second-order valence-corrected chi connectivity index (χ2v) is 6.22. The van der Waals surface area contributed by atoms with E-state index in [1.165, 1.54) is 5.56 Å². The van der Waals surface area contributed by atoms with Crippen LogP contribution in [0.25, 0.3) is 0 Å². The quantitative estimate of drug-likeness (QED) is 0.717. The molecule has 0 saturated carbocycles. The SMILES string of the molecule is N[C@H](COC(=O)CCO)C(=O)N1CCC(Cc2ccccc2)CC1. The van der Waals surface area contributed by atoms with Gasteiger partial charge in [0.2, 0.25) is 5.91 Å². The van der Waals surface area contributed by atoms with E-state index < -0.39 is 12.0 Å². The van der Waals surface area contributed by atoms with Gasteiger partial charge in [0.1, 0.15) is 12.6 Å². The number of amides is 1. The number of aliphatic hydroxyl groups excluding tert-OH is 1. The molecular formula is C18H26N2O4. The van der Waals surface area contributed by atoms with Crippen LogP contribution in [-0.4, -0.2) is 54.2 Å². The van der Waals surface area contributed by atoms with Crippen LogP contribution in [0.2, 0.25) is 0 Å². The number of ether oxygens (including phenoxy) is 1. The van der Waals surface area contributed by atoms with Gasteiger partial charge in [0.15, 0.2) is 0 Å². The topological polar surface area (TPSA) is 92.9 Å². The number of rotatable bonds is 7. The van der Waals surface area contributed by atoms with Crippen molar-refractivity contribution in [2.24, 2.45) is 11.7 Å². The molecule has 1 saturated heterocycles. The fourth-order valence-corrected chi connectivity index (χ4v) is 2.96. The van der Waals surface area contributed by atoms with Gasteiger partial charge in [0.05, 0.1) is 13.0 Å². The molecule has 1 amide bonds. The van der Waals surface area contributed by atoms with Crippen molar-refractivity contribution in [2.45, 2.75) is 31.7 Å². The van der Waals surface area contributed by atoms with E-state index >= 15 is 0 Å². The average Bonchev–Trinajstić information content (AvgIpc) is 2.61. The van der Waals surface area contributed by atoms with Gasteiger partial charge < -0.3 is 20.5 Å². The summed E-state index contributed by atoms with van der Waals surface area (Å²) in [7, 11) is 0. The predicted molar refractivity (Wildman–Crippen MR) is 90.1 cm³/mol. The molecule has 1 heterocycles. The van der Waals surface area contributed by atoms with Crippen LogP contribution in [0, 0.1) is 5.92 Å². The Morgan fingerprint density at radius 1 is 1.25 bits per heavy atom. The lowest BCUT2D eigenvalue weighted by atomic mass is 9.90. The van der Waals surface area contributed by atoms with Gasteiger partial charge in [-0.1, -0.05) is 30.3 Å². The average molecular weight is 334 g/mol. The lowest BCUT2D eigenvalue weighted by Gasteiger charge is -2.33. The molecule has 0 bridgehead atoms. The molecule has 1 aromatic rings. The number of hydrogen-bond donors (Lipinski definition) is 2. The zero-order chi connectivity index (χ0) is 17.4. The van der Waals surface area contributed by atoms with Crippen molar-refractivity contribution in [3.05, 3.63) is 35.9 Å². The lowest BCUT2D eigenvalue weighted by Crippen LogP contribution is -2.49. The van der Waals surface area contributed by atoms with Gasteiger partial charge in [-0.25, -0.2) is 0 Å². The van der Waals surface area contributed by atoms with E-state index in [2.05, 4.69) is 12.1 Å². The number of piperidine rings is 1. The summed E-state index contributed by atoms with van der Waals surface area (Å²) < 4.78 is 4.88. The zero-order valence-electron chi connectivity index (χ0n) is 13.9. The second kappa shape index (κ2) is 9.39. The Bertz CT molecular complexity index is 527. The molecule has 0 aliphatic carbocycles. The number of esters is 1. The zero-order valence-corrected chi connectivity index (χ0v) is 13.9. The first-order valence-corrected chi connectivity index (χ1v) is 8.45. The normalized spacial score (nSPS) is 16.7. The van der Waals surface area contributed by atoms with Crippen LogP contribution in [0.15, 0.2) is 30.3 Å². The molecule has 0 spiro atoms. The third-order valence-corrected chi connectivity index (χ3v) is 4.35. The minimum Gasteiger partial charge on any atom is -0.463 e. The minimum atomic E-state index is -0.835. The van der Waals surface area contributed by atoms with Gasteiger partial charge in [-0.3, -0.25) is 9.59 Å². The molecule has 1 fully saturated rings. The maximum atomic E-state index is 12.3. The summed E-state index contributed by atoms with van der Waals surface area (Å²) in [6, 6.07) is 9.54. The maximum Gasteiger partial charge on any atom is 0.308 e. The molecule has 6 heteroatoms. The van der Waals surface area contributed by atoms with Crippen molar-refractivity contribution in [3.63, 3.8) is 0 Å². The van der Waals surface area contributed by atoms with Crippen LogP contribution >= 0.6 is 0 Å². The number of nitrogens with two attached hydrogens (primary N) is 1. The largest absolute Gasteiger partial charge is 0.463 e. The number of carbonyl (C=O) groups excluding carboxylic acids is 2. The summed E-state index contributed by atoms with van der Waals surface area (Å²) in [6.45, 7) is 0.974. The number of carbonyl (C=O) groups is 2. The van der Waals surface area contributed by atoms with Crippen molar-refractivity contribution >= 4 is 11.9 Å². The first-order valence-electron chi connectivity index (χ1n) is 8.45. The standard InChI is InChI=1S/C18H26N2O4/c19-16(13-24-17(22)8-11-21)18(23)20-9-6-15(7-10-20)12-14-4-2-1-3-5-14/h1-5,15-16,21H,6-13,19H2/t16-/m1/s1. The van der Waals surface area contributed by atoms with E-state index in [4.69, 9.17) is 15.6 Å². The molecule has 132 valence electrons. The van der Waals surface area contributed by atoms with Crippen LogP contribution in [0.3, 0.4) is 0 Å². The van der Waals surface area contributed by atoms with E-state index in [1.807, 2.05) is 18.2 Å². The van der Waals surface area contributed by atoms with E-state index in [1.54, 1.807) is 4.90 Å². The van der Waals surface area contributed by atoms with Crippen molar-refractivity contribution in [1.29, 1.82) is 0 Å². The summed E-state index contributed by atoms with van der Waals surface area (Å²) >= 11 is 0. The Kier molecular flexibility index (Phi) is 7.21. The summed E-state index contributed by atoms with van der Waals surface area (Å²) in [5, 5.41) is 8.64. The summed E-state index contributed by atoms with van der Waals surface area (Å²) in [6.07, 6.45) is 2.87. The molecule has 0 unspecified atom stereocenters. The van der Waals surface area contributed by atoms with Gasteiger partial charge >= 0.3 is 5.97 Å². The van der Waals surface area contributed by atoms with Gasteiger partial charge in [-0.05, 0) is 30.7 Å². The van der Waals surface area contributed by atoms with E-state index in [0.29, 0.717) is 19.0 Å².